The number of hydrogen-bond donors (Lipinski definition) is 0. The molecule has 3 heteroatoms. The molecule has 3 aromatic rings. The second-order valence-corrected chi connectivity index (χ2v) is 12.2. The fourth-order valence-electron chi connectivity index (χ4n) is 5.75. The maximum Gasteiger partial charge on any atom is 0.123 e. The van der Waals surface area contributed by atoms with Gasteiger partial charge in [-0.05, 0) is 108 Å². The lowest BCUT2D eigenvalue weighted by molar-refractivity contribution is 0.155. The standard InChI is InChI=1S/C34H46OP2/c1-5-34(6-2,23-37)22-35-33-19-25(4)32(20-31(33)21-36)30-17-15-29(16-18-30)28-13-11-27(12-14-28)26-9-7-24(3)8-10-26/h11-20,24,26H,5-10,21-23,36-37H2,1-4H3. The van der Waals surface area contributed by atoms with Gasteiger partial charge in [0.15, 0.2) is 0 Å². The number of rotatable bonds is 10. The fourth-order valence-corrected chi connectivity index (χ4v) is 6.76. The largest absolute Gasteiger partial charge is 0.493 e. The van der Waals surface area contributed by atoms with Gasteiger partial charge in [-0.15, -0.1) is 18.5 Å². The second kappa shape index (κ2) is 12.9. The molecule has 0 saturated heterocycles. The van der Waals surface area contributed by atoms with Crippen molar-refractivity contribution < 1.29 is 4.74 Å². The maximum absolute atomic E-state index is 6.45. The predicted octanol–water partition coefficient (Wildman–Crippen LogP) is 10.1. The van der Waals surface area contributed by atoms with Crippen molar-refractivity contribution in [1.29, 1.82) is 0 Å². The Labute approximate surface area is 230 Å². The lowest BCUT2D eigenvalue weighted by Crippen LogP contribution is -2.29. The molecule has 3 aromatic carbocycles. The topological polar surface area (TPSA) is 9.23 Å². The molecular formula is C34H46OP2. The molecule has 1 nitrogen and oxygen atoms in total. The van der Waals surface area contributed by atoms with E-state index < -0.39 is 0 Å². The number of aryl methyl sites for hydroxylation is 1. The van der Waals surface area contributed by atoms with Crippen molar-refractivity contribution in [3.05, 3.63) is 77.4 Å². The first-order valence-corrected chi connectivity index (χ1v) is 15.9. The molecule has 0 aliphatic heterocycles. The van der Waals surface area contributed by atoms with E-state index in [1.54, 1.807) is 0 Å². The van der Waals surface area contributed by atoms with E-state index in [4.69, 9.17) is 4.74 Å². The molecule has 0 radical (unpaired) electrons. The molecule has 1 aliphatic rings. The van der Waals surface area contributed by atoms with Gasteiger partial charge in [0.25, 0.3) is 0 Å². The SMILES string of the molecule is CCC(CC)(CP)COc1cc(C)c(-c2ccc(-c3ccc(C4CCC(C)CC4)cc3)cc2)cc1CP. The van der Waals surface area contributed by atoms with Crippen LogP contribution in [-0.2, 0) is 6.16 Å². The van der Waals surface area contributed by atoms with Crippen molar-refractivity contribution in [3.8, 4) is 28.0 Å². The first-order valence-electron chi connectivity index (χ1n) is 14.3. The fraction of sp³-hybridized carbons (Fsp3) is 0.471. The third-order valence-electron chi connectivity index (χ3n) is 9.02. The molecule has 37 heavy (non-hydrogen) atoms. The van der Waals surface area contributed by atoms with Crippen LogP contribution in [0.25, 0.3) is 22.3 Å². The Balaban J connectivity index is 1.50. The van der Waals surface area contributed by atoms with Crippen molar-refractivity contribution in [2.24, 2.45) is 11.3 Å². The van der Waals surface area contributed by atoms with Crippen molar-refractivity contribution in [1.82, 2.24) is 0 Å². The van der Waals surface area contributed by atoms with Crippen molar-refractivity contribution in [3.63, 3.8) is 0 Å². The quantitative estimate of drug-likeness (QED) is 0.236. The summed E-state index contributed by atoms with van der Waals surface area (Å²) >= 11 is 0. The van der Waals surface area contributed by atoms with Crippen molar-refractivity contribution in [2.45, 2.75) is 78.3 Å². The first-order chi connectivity index (χ1) is 17.9. The van der Waals surface area contributed by atoms with Gasteiger partial charge in [0.2, 0.25) is 0 Å². The molecule has 0 spiro atoms. The Hall–Kier alpha value is -1.68. The van der Waals surface area contributed by atoms with Crippen LogP contribution in [-0.4, -0.2) is 12.8 Å². The lowest BCUT2D eigenvalue weighted by atomic mass is 9.79. The first kappa shape index (κ1) is 28.3. The molecule has 0 amide bonds. The molecule has 1 fully saturated rings. The van der Waals surface area contributed by atoms with E-state index in [1.807, 2.05) is 0 Å². The van der Waals surface area contributed by atoms with Crippen LogP contribution in [0, 0.1) is 18.3 Å². The van der Waals surface area contributed by atoms with Gasteiger partial charge in [0.1, 0.15) is 5.75 Å². The van der Waals surface area contributed by atoms with Crippen LogP contribution in [0.3, 0.4) is 0 Å². The molecule has 0 heterocycles. The highest BCUT2D eigenvalue weighted by atomic mass is 31.0. The third-order valence-corrected chi connectivity index (χ3v) is 10.3. The van der Waals surface area contributed by atoms with Crippen LogP contribution in [0.1, 0.15) is 81.9 Å². The Morgan fingerprint density at radius 2 is 1.38 bits per heavy atom. The zero-order valence-electron chi connectivity index (χ0n) is 23.4. The van der Waals surface area contributed by atoms with Gasteiger partial charge >= 0.3 is 0 Å². The molecule has 0 aromatic heterocycles. The molecule has 0 N–H and O–H groups in total. The van der Waals surface area contributed by atoms with Crippen LogP contribution < -0.4 is 4.74 Å². The minimum atomic E-state index is 0.235. The summed E-state index contributed by atoms with van der Waals surface area (Å²) in [6.07, 6.45) is 9.65. The molecule has 2 atom stereocenters. The Morgan fingerprint density at radius 1 is 0.811 bits per heavy atom. The normalized spacial score (nSPS) is 18.1. The van der Waals surface area contributed by atoms with E-state index in [1.165, 1.54) is 64.6 Å². The average Bonchev–Trinajstić information content (AvgIpc) is 2.95. The maximum atomic E-state index is 6.45. The minimum absolute atomic E-state index is 0.235. The zero-order chi connectivity index (χ0) is 26.4. The van der Waals surface area contributed by atoms with E-state index in [-0.39, 0.29) is 5.41 Å². The van der Waals surface area contributed by atoms with E-state index >= 15 is 0 Å². The highest BCUT2D eigenvalue weighted by Gasteiger charge is 2.25. The van der Waals surface area contributed by atoms with Crippen molar-refractivity contribution in [2.75, 3.05) is 12.8 Å². The molecular weight excluding hydrogens is 486 g/mol. The highest BCUT2D eigenvalue weighted by molar-refractivity contribution is 7.16. The van der Waals surface area contributed by atoms with Gasteiger partial charge in [-0.1, -0.05) is 82.1 Å². The van der Waals surface area contributed by atoms with Crippen LogP contribution in [0.4, 0.5) is 0 Å². The van der Waals surface area contributed by atoms with E-state index in [0.29, 0.717) is 0 Å². The molecule has 0 bridgehead atoms. The van der Waals surface area contributed by atoms with Gasteiger partial charge in [-0.2, -0.15) is 0 Å². The van der Waals surface area contributed by atoms with Crippen LogP contribution >= 0.6 is 18.5 Å². The number of ether oxygens (including phenoxy) is 1. The van der Waals surface area contributed by atoms with Gasteiger partial charge in [0.05, 0.1) is 6.61 Å². The number of hydrogen-bond acceptors (Lipinski definition) is 1. The van der Waals surface area contributed by atoms with Crippen LogP contribution in [0.15, 0.2) is 60.7 Å². The summed E-state index contributed by atoms with van der Waals surface area (Å²) in [7, 11) is 5.81. The van der Waals surface area contributed by atoms with E-state index in [9.17, 15) is 0 Å². The average molecular weight is 533 g/mol. The van der Waals surface area contributed by atoms with Gasteiger partial charge < -0.3 is 4.74 Å². The monoisotopic (exact) mass is 532 g/mol. The van der Waals surface area contributed by atoms with E-state index in [2.05, 4.69) is 107 Å². The molecule has 2 unspecified atom stereocenters. The second-order valence-electron chi connectivity index (χ2n) is 11.3. The molecule has 1 saturated carbocycles. The van der Waals surface area contributed by atoms with Gasteiger partial charge in [-0.3, -0.25) is 0 Å². The van der Waals surface area contributed by atoms with Crippen LogP contribution in [0.2, 0.25) is 0 Å². The Kier molecular flexibility index (Phi) is 9.89. The van der Waals surface area contributed by atoms with Crippen LogP contribution in [0.5, 0.6) is 5.75 Å². The lowest BCUT2D eigenvalue weighted by Gasteiger charge is -2.30. The Bertz CT molecular complexity index is 1130. The zero-order valence-corrected chi connectivity index (χ0v) is 25.7. The van der Waals surface area contributed by atoms with Crippen molar-refractivity contribution >= 4 is 18.5 Å². The molecule has 4 rings (SSSR count). The summed E-state index contributed by atoms with van der Waals surface area (Å²) in [4.78, 5) is 0. The summed E-state index contributed by atoms with van der Waals surface area (Å²) in [5.41, 5.74) is 9.41. The smallest absolute Gasteiger partial charge is 0.123 e. The summed E-state index contributed by atoms with van der Waals surface area (Å²) in [5, 5.41) is 0. The molecule has 198 valence electrons. The molecule has 1 aliphatic carbocycles. The summed E-state index contributed by atoms with van der Waals surface area (Å²) in [5.74, 6) is 2.68. The summed E-state index contributed by atoms with van der Waals surface area (Å²) in [6.45, 7) is 9.92. The third kappa shape index (κ3) is 6.67. The number of benzene rings is 3. The van der Waals surface area contributed by atoms with Gasteiger partial charge in [0, 0.05) is 5.41 Å². The van der Waals surface area contributed by atoms with Gasteiger partial charge in [-0.25, -0.2) is 0 Å². The van der Waals surface area contributed by atoms with E-state index in [0.717, 1.165) is 49.4 Å². The Morgan fingerprint density at radius 3 is 1.92 bits per heavy atom. The predicted molar refractivity (Wildman–Crippen MR) is 169 cm³/mol. The summed E-state index contributed by atoms with van der Waals surface area (Å²) in [6, 6.07) is 23.0. The highest BCUT2D eigenvalue weighted by Crippen LogP contribution is 2.38. The summed E-state index contributed by atoms with van der Waals surface area (Å²) < 4.78 is 6.45. The minimum Gasteiger partial charge on any atom is -0.493 e.